The van der Waals surface area contributed by atoms with Gasteiger partial charge >= 0.3 is 0 Å². The molecule has 0 heterocycles. The van der Waals surface area contributed by atoms with Gasteiger partial charge in [0.2, 0.25) is 0 Å². The molecule has 0 aromatic heterocycles. The molecule has 0 fully saturated rings. The predicted octanol–water partition coefficient (Wildman–Crippen LogP) is 3.15. The van der Waals surface area contributed by atoms with Crippen LogP contribution in [0, 0.1) is 0 Å². The maximum Gasteiger partial charge on any atom is 0.0231 e. The first-order valence-electron chi connectivity index (χ1n) is 6.65. The average molecular weight is 248 g/mol. The van der Waals surface area contributed by atoms with Crippen LogP contribution in [-0.4, -0.2) is 24.0 Å². The van der Waals surface area contributed by atoms with Gasteiger partial charge < -0.3 is 10.6 Å². The molecule has 2 nitrogen and oxygen atoms in total. The van der Waals surface area contributed by atoms with Gasteiger partial charge in [0.1, 0.15) is 0 Å². The van der Waals surface area contributed by atoms with Crippen molar-refractivity contribution in [1.29, 1.82) is 0 Å². The fourth-order valence-electron chi connectivity index (χ4n) is 2.17. The molecule has 1 aromatic rings. The number of nitrogens with two attached hydrogens (primary N) is 1. The Morgan fingerprint density at radius 1 is 1.00 bits per heavy atom. The third-order valence-corrected chi connectivity index (χ3v) is 2.95. The lowest BCUT2D eigenvalue weighted by Crippen LogP contribution is -2.43. The maximum absolute atomic E-state index is 6.03. The predicted molar refractivity (Wildman–Crippen MR) is 79.7 cm³/mol. The molecule has 0 saturated carbocycles. The zero-order valence-electron chi connectivity index (χ0n) is 12.7. The zero-order valence-corrected chi connectivity index (χ0v) is 12.7. The van der Waals surface area contributed by atoms with E-state index in [1.54, 1.807) is 0 Å². The Labute approximate surface area is 112 Å². The van der Waals surface area contributed by atoms with Gasteiger partial charge in [-0.05, 0) is 37.4 Å². The standard InChI is InChI=1S/C16H28N2/c1-15(2,3)14-9-7-13(8-10-14)11-18(6)12-16(4,5)17/h7-10H,11-12,17H2,1-6H3. The average Bonchev–Trinajstić information content (AvgIpc) is 2.13. The Morgan fingerprint density at radius 3 is 1.89 bits per heavy atom. The van der Waals surface area contributed by atoms with Crippen molar-refractivity contribution in [2.45, 2.75) is 52.1 Å². The van der Waals surface area contributed by atoms with Crippen LogP contribution in [0.25, 0.3) is 0 Å². The zero-order chi connectivity index (χ0) is 14.0. The van der Waals surface area contributed by atoms with Crippen molar-refractivity contribution in [3.05, 3.63) is 35.4 Å². The number of likely N-dealkylation sites (N-methyl/N-ethyl adjacent to an activating group) is 1. The van der Waals surface area contributed by atoms with Crippen LogP contribution in [0.3, 0.4) is 0 Å². The molecule has 0 aliphatic carbocycles. The van der Waals surface area contributed by atoms with Gasteiger partial charge in [0.25, 0.3) is 0 Å². The Morgan fingerprint density at radius 2 is 1.50 bits per heavy atom. The minimum Gasteiger partial charge on any atom is -0.324 e. The lowest BCUT2D eigenvalue weighted by Gasteiger charge is -2.26. The van der Waals surface area contributed by atoms with Gasteiger partial charge in [0.05, 0.1) is 0 Å². The van der Waals surface area contributed by atoms with E-state index in [-0.39, 0.29) is 11.0 Å². The minimum absolute atomic E-state index is 0.139. The van der Waals surface area contributed by atoms with E-state index in [2.05, 4.69) is 70.8 Å². The van der Waals surface area contributed by atoms with E-state index in [1.165, 1.54) is 11.1 Å². The Bertz CT molecular complexity index is 366. The van der Waals surface area contributed by atoms with E-state index >= 15 is 0 Å². The van der Waals surface area contributed by atoms with E-state index in [4.69, 9.17) is 5.73 Å². The molecule has 0 spiro atoms. The van der Waals surface area contributed by atoms with E-state index < -0.39 is 0 Å². The first-order valence-corrected chi connectivity index (χ1v) is 6.65. The second-order valence-corrected chi connectivity index (χ2v) is 7.11. The third kappa shape index (κ3) is 5.19. The monoisotopic (exact) mass is 248 g/mol. The van der Waals surface area contributed by atoms with Crippen LogP contribution in [0.15, 0.2) is 24.3 Å². The fraction of sp³-hybridized carbons (Fsp3) is 0.625. The Balaban J connectivity index is 2.64. The Kier molecular flexibility index (Phi) is 4.57. The summed E-state index contributed by atoms with van der Waals surface area (Å²) in [5.41, 5.74) is 8.84. The van der Waals surface area contributed by atoms with Crippen LogP contribution in [0.2, 0.25) is 0 Å². The summed E-state index contributed by atoms with van der Waals surface area (Å²) in [6, 6.07) is 8.91. The summed E-state index contributed by atoms with van der Waals surface area (Å²) >= 11 is 0. The van der Waals surface area contributed by atoms with Crippen LogP contribution in [-0.2, 0) is 12.0 Å². The van der Waals surface area contributed by atoms with Crippen molar-refractivity contribution < 1.29 is 0 Å². The van der Waals surface area contributed by atoms with Gasteiger partial charge in [0, 0.05) is 18.6 Å². The molecule has 0 atom stereocenters. The molecule has 0 radical (unpaired) electrons. The highest BCUT2D eigenvalue weighted by Gasteiger charge is 2.15. The van der Waals surface area contributed by atoms with Crippen LogP contribution in [0.5, 0.6) is 0 Å². The topological polar surface area (TPSA) is 29.3 Å². The molecule has 2 heteroatoms. The maximum atomic E-state index is 6.03. The number of benzene rings is 1. The van der Waals surface area contributed by atoms with Crippen LogP contribution >= 0.6 is 0 Å². The number of hydrogen-bond donors (Lipinski definition) is 1. The summed E-state index contributed by atoms with van der Waals surface area (Å²) in [7, 11) is 2.12. The van der Waals surface area contributed by atoms with Gasteiger partial charge in [-0.1, -0.05) is 45.0 Å². The molecule has 18 heavy (non-hydrogen) atoms. The number of nitrogens with zero attached hydrogens (tertiary/aromatic N) is 1. The molecule has 0 bridgehead atoms. The molecule has 0 saturated heterocycles. The summed E-state index contributed by atoms with van der Waals surface area (Å²) in [6.07, 6.45) is 0. The molecule has 0 unspecified atom stereocenters. The third-order valence-electron chi connectivity index (χ3n) is 2.95. The van der Waals surface area contributed by atoms with E-state index in [0.29, 0.717) is 0 Å². The van der Waals surface area contributed by atoms with E-state index in [1.807, 2.05) is 0 Å². The highest BCUT2D eigenvalue weighted by molar-refractivity contribution is 5.27. The van der Waals surface area contributed by atoms with Crippen LogP contribution < -0.4 is 5.73 Å². The quantitative estimate of drug-likeness (QED) is 0.887. The van der Waals surface area contributed by atoms with Crippen molar-refractivity contribution in [1.82, 2.24) is 4.90 Å². The number of rotatable bonds is 4. The lowest BCUT2D eigenvalue weighted by atomic mass is 9.87. The van der Waals surface area contributed by atoms with Gasteiger partial charge in [0.15, 0.2) is 0 Å². The lowest BCUT2D eigenvalue weighted by molar-refractivity contribution is 0.263. The second-order valence-electron chi connectivity index (χ2n) is 7.11. The summed E-state index contributed by atoms with van der Waals surface area (Å²) in [5, 5.41) is 0. The summed E-state index contributed by atoms with van der Waals surface area (Å²) in [6.45, 7) is 12.7. The molecular formula is C16H28N2. The molecule has 0 aliphatic rings. The highest BCUT2D eigenvalue weighted by Crippen LogP contribution is 2.22. The second kappa shape index (κ2) is 5.41. The molecule has 2 N–H and O–H groups in total. The van der Waals surface area contributed by atoms with Gasteiger partial charge in [-0.15, -0.1) is 0 Å². The smallest absolute Gasteiger partial charge is 0.0231 e. The van der Waals surface area contributed by atoms with Crippen molar-refractivity contribution in [2.75, 3.05) is 13.6 Å². The van der Waals surface area contributed by atoms with Gasteiger partial charge in [-0.2, -0.15) is 0 Å². The van der Waals surface area contributed by atoms with Crippen LogP contribution in [0.4, 0.5) is 0 Å². The van der Waals surface area contributed by atoms with Crippen molar-refractivity contribution >= 4 is 0 Å². The summed E-state index contributed by atoms with van der Waals surface area (Å²) in [4.78, 5) is 2.27. The van der Waals surface area contributed by atoms with Crippen LogP contribution in [0.1, 0.15) is 45.7 Å². The first-order chi connectivity index (χ1) is 8.08. The molecule has 1 aromatic carbocycles. The van der Waals surface area contributed by atoms with Crippen molar-refractivity contribution in [3.8, 4) is 0 Å². The fourth-order valence-corrected chi connectivity index (χ4v) is 2.17. The summed E-state index contributed by atoms with van der Waals surface area (Å²) < 4.78 is 0. The first kappa shape index (κ1) is 15.2. The molecule has 1 rings (SSSR count). The van der Waals surface area contributed by atoms with Gasteiger partial charge in [-0.25, -0.2) is 0 Å². The Hall–Kier alpha value is -0.860. The minimum atomic E-state index is -0.139. The van der Waals surface area contributed by atoms with Crippen molar-refractivity contribution in [2.24, 2.45) is 5.73 Å². The molecule has 0 aliphatic heterocycles. The van der Waals surface area contributed by atoms with Gasteiger partial charge in [-0.3, -0.25) is 0 Å². The SMILES string of the molecule is CN(Cc1ccc(C(C)(C)C)cc1)CC(C)(C)N. The highest BCUT2D eigenvalue weighted by atomic mass is 15.1. The largest absolute Gasteiger partial charge is 0.324 e. The normalized spacial score (nSPS) is 13.1. The number of hydrogen-bond acceptors (Lipinski definition) is 2. The van der Waals surface area contributed by atoms with E-state index in [9.17, 15) is 0 Å². The summed E-state index contributed by atoms with van der Waals surface area (Å²) in [5.74, 6) is 0. The van der Waals surface area contributed by atoms with E-state index in [0.717, 1.165) is 13.1 Å². The van der Waals surface area contributed by atoms with Crippen molar-refractivity contribution in [3.63, 3.8) is 0 Å². The molecular weight excluding hydrogens is 220 g/mol. The molecule has 102 valence electrons. The molecule has 0 amide bonds.